The zero-order valence-electron chi connectivity index (χ0n) is 24.8. The molecule has 2 aliphatic heterocycles. The Kier molecular flexibility index (Phi) is 8.72. The second-order valence-electron chi connectivity index (χ2n) is 10.6. The third-order valence-electron chi connectivity index (χ3n) is 8.00. The number of aromatic nitrogens is 2. The number of benzene rings is 3. The molecule has 0 N–H and O–H groups in total. The largest absolute Gasteiger partial charge is 0.497 e. The zero-order valence-corrected chi connectivity index (χ0v) is 26.4. The lowest BCUT2D eigenvalue weighted by Crippen LogP contribution is -2.43. The fourth-order valence-electron chi connectivity index (χ4n) is 5.74. The van der Waals surface area contributed by atoms with Gasteiger partial charge in [-0.1, -0.05) is 23.7 Å². The van der Waals surface area contributed by atoms with Gasteiger partial charge in [0.25, 0.3) is 0 Å². The van der Waals surface area contributed by atoms with Gasteiger partial charge in [-0.05, 0) is 67.4 Å². The number of anilines is 1. The van der Waals surface area contributed by atoms with Crippen LogP contribution in [0.1, 0.15) is 29.2 Å². The van der Waals surface area contributed by atoms with Crippen molar-refractivity contribution in [3.8, 4) is 34.2 Å². The molecule has 11 heteroatoms. The number of rotatable bonds is 8. The lowest BCUT2D eigenvalue weighted by molar-refractivity contribution is -0.130. The summed E-state index contributed by atoms with van der Waals surface area (Å²) in [5.74, 6) is 2.44. The van der Waals surface area contributed by atoms with E-state index in [9.17, 15) is 9.59 Å². The van der Waals surface area contributed by atoms with Crippen LogP contribution in [0, 0.1) is 0 Å². The molecule has 6 rings (SSSR count). The Labute approximate surface area is 265 Å². The molecule has 2 amide bonds. The second kappa shape index (κ2) is 12.8. The first-order valence-corrected chi connectivity index (χ1v) is 15.8. The average Bonchev–Trinajstić information content (AvgIpc) is 3.71. The number of ether oxygens (including phenoxy) is 3. The van der Waals surface area contributed by atoms with E-state index in [0.717, 1.165) is 35.2 Å². The van der Waals surface area contributed by atoms with Crippen LogP contribution in [0.15, 0.2) is 66.7 Å². The number of hydrogen-bond acceptors (Lipinski definition) is 7. The van der Waals surface area contributed by atoms with Gasteiger partial charge in [-0.15, -0.1) is 11.8 Å². The first kappa shape index (κ1) is 29.9. The Balaban J connectivity index is 1.63. The number of methoxy groups -OCH3 is 3. The maximum Gasteiger partial charge on any atom is 0.242 e. The molecule has 2 aliphatic rings. The number of likely N-dealkylation sites (tertiary alicyclic amines) is 1. The summed E-state index contributed by atoms with van der Waals surface area (Å²) in [7, 11) is 4.86. The van der Waals surface area contributed by atoms with Crippen molar-refractivity contribution in [3.05, 3.63) is 82.9 Å². The third-order valence-corrected chi connectivity index (χ3v) is 9.48. The van der Waals surface area contributed by atoms with Crippen molar-refractivity contribution in [2.75, 3.05) is 51.6 Å². The SMILES string of the molecule is COc1ccc(-n2nc(-c3ccc(Cl)cc3)c3c2N(CC(=O)N2CCCC2)C(=O)CSC3c2cc(OC)ccc2OC)cc1. The molecule has 3 aromatic carbocycles. The van der Waals surface area contributed by atoms with Crippen molar-refractivity contribution in [1.29, 1.82) is 0 Å². The number of carbonyl (C=O) groups is 2. The fraction of sp³-hybridized carbons (Fsp3) is 0.303. The Hall–Kier alpha value is -4.15. The molecule has 1 unspecified atom stereocenters. The summed E-state index contributed by atoms with van der Waals surface area (Å²) in [4.78, 5) is 31.1. The minimum atomic E-state index is -0.386. The van der Waals surface area contributed by atoms with E-state index in [2.05, 4.69) is 0 Å². The summed E-state index contributed by atoms with van der Waals surface area (Å²) in [6.07, 6.45) is 1.92. The van der Waals surface area contributed by atoms with Gasteiger partial charge >= 0.3 is 0 Å². The highest BCUT2D eigenvalue weighted by atomic mass is 35.5. The normalized spacial score (nSPS) is 16.5. The summed E-state index contributed by atoms with van der Waals surface area (Å²) in [5, 5.41) is 5.37. The van der Waals surface area contributed by atoms with E-state index in [0.29, 0.717) is 46.9 Å². The van der Waals surface area contributed by atoms with Crippen LogP contribution in [0.4, 0.5) is 5.82 Å². The average molecular weight is 633 g/mol. The van der Waals surface area contributed by atoms with Gasteiger partial charge in [-0.3, -0.25) is 14.5 Å². The van der Waals surface area contributed by atoms with Gasteiger partial charge < -0.3 is 19.1 Å². The predicted molar refractivity (Wildman–Crippen MR) is 173 cm³/mol. The standard InChI is InChI=1S/C33H33ClN4O5S/c1-41-24-12-10-23(11-13-24)38-33-30(31(35-38)21-6-8-22(34)9-7-21)32(26-18-25(42-2)14-15-27(26)43-3)44-20-29(40)37(33)19-28(39)36-16-4-5-17-36/h6-15,18,32H,4-5,16-17,19-20H2,1-3H3. The van der Waals surface area contributed by atoms with Crippen LogP contribution < -0.4 is 19.1 Å². The van der Waals surface area contributed by atoms with E-state index in [1.54, 1.807) is 30.9 Å². The van der Waals surface area contributed by atoms with Crippen molar-refractivity contribution < 1.29 is 23.8 Å². The number of nitrogens with zero attached hydrogens (tertiary/aromatic N) is 4. The molecule has 9 nitrogen and oxygen atoms in total. The van der Waals surface area contributed by atoms with Gasteiger partial charge in [-0.25, -0.2) is 4.68 Å². The first-order valence-electron chi connectivity index (χ1n) is 14.4. The van der Waals surface area contributed by atoms with Crippen molar-refractivity contribution in [2.24, 2.45) is 0 Å². The molecule has 0 saturated carbocycles. The summed E-state index contributed by atoms with van der Waals surface area (Å²) in [6, 6.07) is 20.6. The summed E-state index contributed by atoms with van der Waals surface area (Å²) in [5.41, 5.74) is 3.84. The van der Waals surface area contributed by atoms with Crippen LogP contribution in [-0.2, 0) is 9.59 Å². The highest BCUT2D eigenvalue weighted by Gasteiger charge is 2.39. The van der Waals surface area contributed by atoms with E-state index < -0.39 is 0 Å². The van der Waals surface area contributed by atoms with Gasteiger partial charge in [0.1, 0.15) is 29.6 Å². The van der Waals surface area contributed by atoms with E-state index in [-0.39, 0.29) is 29.4 Å². The fourth-order valence-corrected chi connectivity index (χ4v) is 7.07. The molecule has 1 atom stereocenters. The molecule has 3 heterocycles. The maximum absolute atomic E-state index is 14.1. The van der Waals surface area contributed by atoms with Crippen LogP contribution in [0.3, 0.4) is 0 Å². The monoisotopic (exact) mass is 632 g/mol. The quantitative estimate of drug-likeness (QED) is 0.235. The molecule has 1 aromatic heterocycles. The Morgan fingerprint density at radius 3 is 2.27 bits per heavy atom. The summed E-state index contributed by atoms with van der Waals surface area (Å²) >= 11 is 7.77. The molecule has 0 bridgehead atoms. The van der Waals surface area contributed by atoms with Crippen molar-refractivity contribution in [1.82, 2.24) is 14.7 Å². The number of thioether (sulfide) groups is 1. The maximum atomic E-state index is 14.1. The Morgan fingerprint density at radius 2 is 1.61 bits per heavy atom. The van der Waals surface area contributed by atoms with E-state index in [1.807, 2.05) is 71.6 Å². The van der Waals surface area contributed by atoms with E-state index in [1.165, 1.54) is 11.8 Å². The molecule has 4 aromatic rings. The van der Waals surface area contributed by atoms with Gasteiger partial charge in [0.15, 0.2) is 0 Å². The van der Waals surface area contributed by atoms with Crippen LogP contribution in [0.2, 0.25) is 5.02 Å². The first-order chi connectivity index (χ1) is 21.4. The van der Waals surface area contributed by atoms with Gasteiger partial charge in [0.2, 0.25) is 11.8 Å². The van der Waals surface area contributed by atoms with Gasteiger partial charge in [0.05, 0.1) is 43.7 Å². The smallest absolute Gasteiger partial charge is 0.242 e. The molecule has 0 aliphatic carbocycles. The molecule has 44 heavy (non-hydrogen) atoms. The molecule has 0 spiro atoms. The van der Waals surface area contributed by atoms with Crippen molar-refractivity contribution in [2.45, 2.75) is 18.1 Å². The number of carbonyl (C=O) groups excluding carboxylic acids is 2. The van der Waals surface area contributed by atoms with Crippen LogP contribution in [-0.4, -0.2) is 73.2 Å². The number of fused-ring (bicyclic) bond motifs is 1. The Bertz CT molecular complexity index is 1670. The number of halogens is 1. The molecule has 1 fully saturated rings. The minimum absolute atomic E-state index is 0.0836. The molecule has 228 valence electrons. The van der Waals surface area contributed by atoms with Gasteiger partial charge in [0, 0.05) is 34.8 Å². The topological polar surface area (TPSA) is 86.1 Å². The number of hydrogen-bond donors (Lipinski definition) is 0. The lowest BCUT2D eigenvalue weighted by Gasteiger charge is -2.26. The summed E-state index contributed by atoms with van der Waals surface area (Å²) < 4.78 is 18.6. The lowest BCUT2D eigenvalue weighted by atomic mass is 9.98. The van der Waals surface area contributed by atoms with Gasteiger partial charge in [-0.2, -0.15) is 5.10 Å². The van der Waals surface area contributed by atoms with Crippen LogP contribution in [0.25, 0.3) is 16.9 Å². The van der Waals surface area contributed by atoms with E-state index in [4.69, 9.17) is 30.9 Å². The highest BCUT2D eigenvalue weighted by molar-refractivity contribution is 8.00. The molecule has 1 saturated heterocycles. The summed E-state index contributed by atoms with van der Waals surface area (Å²) in [6.45, 7) is 1.30. The Morgan fingerprint density at radius 1 is 0.932 bits per heavy atom. The van der Waals surface area contributed by atoms with Crippen molar-refractivity contribution >= 4 is 41.0 Å². The second-order valence-corrected chi connectivity index (χ2v) is 12.1. The number of amides is 2. The zero-order chi connectivity index (χ0) is 30.8. The predicted octanol–water partition coefficient (Wildman–Crippen LogP) is 6.01. The van der Waals surface area contributed by atoms with E-state index >= 15 is 0 Å². The highest BCUT2D eigenvalue weighted by Crippen LogP contribution is 2.51. The minimum Gasteiger partial charge on any atom is -0.497 e. The molecule has 0 radical (unpaired) electrons. The van der Waals surface area contributed by atoms with Crippen molar-refractivity contribution in [3.63, 3.8) is 0 Å². The molecular weight excluding hydrogens is 600 g/mol. The van der Waals surface area contributed by atoms with Crippen LogP contribution >= 0.6 is 23.4 Å². The molecular formula is C33H33ClN4O5S. The third kappa shape index (κ3) is 5.71. The van der Waals surface area contributed by atoms with Crippen LogP contribution in [0.5, 0.6) is 17.2 Å².